The van der Waals surface area contributed by atoms with Crippen LogP contribution in [0.3, 0.4) is 0 Å². The molecule has 0 unspecified atom stereocenters. The first-order valence-corrected chi connectivity index (χ1v) is 9.79. The molecule has 0 aromatic heterocycles. The van der Waals surface area contributed by atoms with Gasteiger partial charge in [0, 0.05) is 21.6 Å². The van der Waals surface area contributed by atoms with E-state index in [1.807, 2.05) is 48.5 Å². The highest BCUT2D eigenvalue weighted by atomic mass is 35.5. The van der Waals surface area contributed by atoms with Gasteiger partial charge in [0.1, 0.15) is 5.70 Å². The molecule has 0 spiro atoms. The summed E-state index contributed by atoms with van der Waals surface area (Å²) in [7, 11) is 0. The van der Waals surface area contributed by atoms with Crippen molar-refractivity contribution in [1.29, 1.82) is 0 Å². The number of carbonyl (C=O) groups excluding carboxylic acids is 1. The molecule has 1 amide bonds. The Bertz CT molecular complexity index is 1020. The van der Waals surface area contributed by atoms with Crippen molar-refractivity contribution in [3.05, 3.63) is 69.7 Å². The zero-order chi connectivity index (χ0) is 18.1. The van der Waals surface area contributed by atoms with Crippen LogP contribution < -0.4 is 15.9 Å². The second kappa shape index (κ2) is 7.13. The normalized spacial score (nSPS) is 18.5. The number of rotatable bonds is 3. The molecule has 2 aliphatic rings. The topological polar surface area (TPSA) is 57.1 Å². The van der Waals surface area contributed by atoms with E-state index >= 15 is 0 Å². The largest absolute Gasteiger partial charge is 0.298 e. The summed E-state index contributed by atoms with van der Waals surface area (Å²) in [5, 5.41) is 12.0. The third-order valence-corrected chi connectivity index (χ3v) is 5.56. The number of amidine groups is 1. The van der Waals surface area contributed by atoms with Crippen LogP contribution in [0.1, 0.15) is 25.1 Å². The summed E-state index contributed by atoms with van der Waals surface area (Å²) in [5.74, 6) is 0.713. The van der Waals surface area contributed by atoms with Crippen LogP contribution in [0.25, 0.3) is 5.70 Å². The zero-order valence-corrected chi connectivity index (χ0v) is 15.7. The number of amides is 1. The lowest BCUT2D eigenvalue weighted by atomic mass is 10.1. The van der Waals surface area contributed by atoms with Crippen molar-refractivity contribution in [2.45, 2.75) is 19.5 Å². The summed E-state index contributed by atoms with van der Waals surface area (Å²) < 4.78 is 0. The molecule has 0 bridgehead atoms. The standard InChI is InChI=1S/C19H17ClN4OS/c1-2-11-26-19-22-18(25)16-13-8-4-6-10-15(13)21-17(24(16)23-19)12-7-3-5-9-14(12)20/h3-10,17H,2,11H2,1H3,(H,22,23,25)/t17-/m1/s1. The van der Waals surface area contributed by atoms with E-state index in [0.29, 0.717) is 15.9 Å². The van der Waals surface area contributed by atoms with Crippen molar-refractivity contribution in [2.75, 3.05) is 5.75 Å². The molecule has 2 aliphatic heterocycles. The third-order valence-electron chi connectivity index (χ3n) is 4.14. The minimum absolute atomic E-state index is 0.169. The van der Waals surface area contributed by atoms with E-state index in [1.54, 1.807) is 5.01 Å². The number of para-hydroxylation sites is 1. The molecule has 1 atom stereocenters. The quantitative estimate of drug-likeness (QED) is 0.885. The van der Waals surface area contributed by atoms with E-state index in [0.717, 1.165) is 28.3 Å². The van der Waals surface area contributed by atoms with Crippen LogP contribution in [-0.4, -0.2) is 21.8 Å². The number of fused-ring (bicyclic) bond motifs is 2. The number of hydrogen-bond acceptors (Lipinski definition) is 5. The highest BCUT2D eigenvalue weighted by molar-refractivity contribution is 8.13. The van der Waals surface area contributed by atoms with Crippen molar-refractivity contribution in [3.8, 4) is 0 Å². The van der Waals surface area contributed by atoms with Gasteiger partial charge in [0.05, 0.1) is 5.36 Å². The van der Waals surface area contributed by atoms with Gasteiger partial charge in [-0.25, -0.2) is 5.01 Å². The number of halogens is 1. The molecule has 2 heterocycles. The molecule has 0 aliphatic carbocycles. The maximum atomic E-state index is 12.9. The van der Waals surface area contributed by atoms with Crippen LogP contribution in [-0.2, 0) is 4.79 Å². The van der Waals surface area contributed by atoms with E-state index in [9.17, 15) is 4.79 Å². The Morgan fingerprint density at radius 2 is 1.96 bits per heavy atom. The fourth-order valence-corrected chi connectivity index (χ4v) is 3.92. The molecule has 0 radical (unpaired) electrons. The van der Waals surface area contributed by atoms with Gasteiger partial charge in [0.15, 0.2) is 11.3 Å². The fraction of sp³-hybridized carbons (Fsp3) is 0.211. The van der Waals surface area contributed by atoms with Crippen molar-refractivity contribution in [1.82, 2.24) is 10.3 Å². The predicted molar refractivity (Wildman–Crippen MR) is 105 cm³/mol. The van der Waals surface area contributed by atoms with E-state index in [4.69, 9.17) is 16.6 Å². The lowest BCUT2D eigenvalue weighted by Crippen LogP contribution is -2.50. The second-order valence-electron chi connectivity index (χ2n) is 5.94. The van der Waals surface area contributed by atoms with Crippen LogP contribution >= 0.6 is 23.4 Å². The fourth-order valence-electron chi connectivity index (χ4n) is 2.98. The Morgan fingerprint density at radius 1 is 1.19 bits per heavy atom. The lowest BCUT2D eigenvalue weighted by Gasteiger charge is -2.34. The molecule has 2 aromatic carbocycles. The maximum Gasteiger partial charge on any atom is 0.276 e. The summed E-state index contributed by atoms with van der Waals surface area (Å²) >= 11 is 7.95. The highest BCUT2D eigenvalue weighted by Gasteiger charge is 2.34. The molecule has 7 heteroatoms. The Labute approximate surface area is 160 Å². The second-order valence-corrected chi connectivity index (χ2v) is 7.43. The van der Waals surface area contributed by atoms with Gasteiger partial charge >= 0.3 is 0 Å². The first-order valence-electron chi connectivity index (χ1n) is 8.42. The van der Waals surface area contributed by atoms with E-state index in [-0.39, 0.29) is 5.91 Å². The number of carbonyl (C=O) groups is 1. The van der Waals surface area contributed by atoms with E-state index < -0.39 is 6.17 Å². The summed E-state index contributed by atoms with van der Waals surface area (Å²) in [5.41, 5.74) is 1.32. The summed E-state index contributed by atoms with van der Waals surface area (Å²) in [6.07, 6.45) is 0.522. The molecule has 4 rings (SSSR count). The van der Waals surface area contributed by atoms with Gasteiger partial charge < -0.3 is 0 Å². The van der Waals surface area contributed by atoms with Crippen molar-refractivity contribution >= 4 is 40.1 Å². The van der Waals surface area contributed by atoms with Crippen LogP contribution in [0, 0.1) is 0 Å². The molecular formula is C19H17ClN4OS. The lowest BCUT2D eigenvalue weighted by molar-refractivity contribution is -0.116. The maximum absolute atomic E-state index is 12.9. The number of thioether (sulfide) groups is 1. The predicted octanol–water partition coefficient (Wildman–Crippen LogP) is 2.63. The number of benzene rings is 2. The Hall–Kier alpha value is -2.31. The molecule has 5 nitrogen and oxygen atoms in total. The highest BCUT2D eigenvalue weighted by Crippen LogP contribution is 2.34. The summed E-state index contributed by atoms with van der Waals surface area (Å²) in [6.45, 7) is 2.09. The summed E-state index contributed by atoms with van der Waals surface area (Å²) in [6, 6.07) is 15.1. The van der Waals surface area contributed by atoms with Crippen LogP contribution in [0.2, 0.25) is 5.02 Å². The number of nitrogens with zero attached hydrogens (tertiary/aromatic N) is 3. The van der Waals surface area contributed by atoms with Gasteiger partial charge in [-0.1, -0.05) is 66.7 Å². The van der Waals surface area contributed by atoms with Crippen LogP contribution in [0.4, 0.5) is 0 Å². The monoisotopic (exact) mass is 384 g/mol. The smallest absolute Gasteiger partial charge is 0.276 e. The molecule has 0 saturated heterocycles. The van der Waals surface area contributed by atoms with E-state index in [2.05, 4.69) is 17.3 Å². The molecule has 1 N–H and O–H groups in total. The number of hydrogen-bond donors (Lipinski definition) is 1. The van der Waals surface area contributed by atoms with Crippen LogP contribution in [0.15, 0.2) is 58.6 Å². The molecule has 2 aromatic rings. The Balaban J connectivity index is 1.92. The zero-order valence-electron chi connectivity index (χ0n) is 14.1. The Morgan fingerprint density at radius 3 is 2.77 bits per heavy atom. The average molecular weight is 385 g/mol. The van der Waals surface area contributed by atoms with Gasteiger partial charge in [-0.3, -0.25) is 15.1 Å². The van der Waals surface area contributed by atoms with Crippen molar-refractivity contribution < 1.29 is 4.79 Å². The Kier molecular flexibility index (Phi) is 4.70. The van der Waals surface area contributed by atoms with Crippen molar-refractivity contribution in [3.63, 3.8) is 0 Å². The molecule has 132 valence electrons. The molecular weight excluding hydrogens is 368 g/mol. The molecule has 0 saturated carbocycles. The molecule has 26 heavy (non-hydrogen) atoms. The first kappa shape index (κ1) is 17.1. The minimum Gasteiger partial charge on any atom is -0.298 e. The van der Waals surface area contributed by atoms with Gasteiger partial charge in [0.25, 0.3) is 5.91 Å². The van der Waals surface area contributed by atoms with Gasteiger partial charge in [-0.05, 0) is 18.6 Å². The number of nitrogens with one attached hydrogen (secondary N) is 1. The summed E-state index contributed by atoms with van der Waals surface area (Å²) in [4.78, 5) is 17.7. The minimum atomic E-state index is -0.475. The average Bonchev–Trinajstić information content (AvgIpc) is 2.66. The van der Waals surface area contributed by atoms with Gasteiger partial charge in [-0.2, -0.15) is 0 Å². The SMILES string of the molecule is CCCSC1=NN2C(=c3ccccc3=N[C@H]2c2ccccc2Cl)C(=O)N1. The van der Waals surface area contributed by atoms with E-state index in [1.165, 1.54) is 11.8 Å². The molecule has 0 fully saturated rings. The third kappa shape index (κ3) is 2.99. The number of hydrazone groups is 1. The van der Waals surface area contributed by atoms with Gasteiger partial charge in [0.2, 0.25) is 0 Å². The van der Waals surface area contributed by atoms with Crippen molar-refractivity contribution in [2.24, 2.45) is 10.1 Å². The van der Waals surface area contributed by atoms with Gasteiger partial charge in [-0.15, -0.1) is 5.10 Å². The van der Waals surface area contributed by atoms with Crippen LogP contribution in [0.5, 0.6) is 0 Å². The first-order chi connectivity index (χ1) is 12.7.